The average molecular weight is 244 g/mol. The molecule has 2 rings (SSSR count). The van der Waals surface area contributed by atoms with Gasteiger partial charge in [-0.2, -0.15) is 0 Å². The van der Waals surface area contributed by atoms with Gasteiger partial charge in [0.25, 0.3) is 0 Å². The van der Waals surface area contributed by atoms with Gasteiger partial charge >= 0.3 is 0 Å². The zero-order valence-electron chi connectivity index (χ0n) is 11.2. The van der Waals surface area contributed by atoms with Crippen molar-refractivity contribution in [1.29, 1.82) is 0 Å². The molecule has 1 unspecified atom stereocenters. The molecule has 0 fully saturated rings. The highest BCUT2D eigenvalue weighted by Crippen LogP contribution is 2.14. The topological polar surface area (TPSA) is 38.1 Å². The van der Waals surface area contributed by atoms with E-state index in [1.54, 1.807) is 6.26 Å². The summed E-state index contributed by atoms with van der Waals surface area (Å²) in [6, 6.07) is 8.75. The molecule has 3 heteroatoms. The minimum Gasteiger partial charge on any atom is -0.448 e. The van der Waals surface area contributed by atoms with E-state index in [0.29, 0.717) is 6.04 Å². The Bertz CT molecular complexity index is 505. The van der Waals surface area contributed by atoms with Crippen LogP contribution in [0.25, 0.3) is 0 Å². The lowest BCUT2D eigenvalue weighted by atomic mass is 10.1. The monoisotopic (exact) mass is 244 g/mol. The number of nitrogens with one attached hydrogen (secondary N) is 1. The van der Waals surface area contributed by atoms with Crippen LogP contribution in [0.4, 0.5) is 0 Å². The highest BCUT2D eigenvalue weighted by molar-refractivity contribution is 5.27. The fraction of sp³-hybridized carbons (Fsp3) is 0.400. The lowest BCUT2D eigenvalue weighted by Crippen LogP contribution is -2.23. The van der Waals surface area contributed by atoms with Crippen LogP contribution < -0.4 is 5.32 Å². The normalized spacial score (nSPS) is 12.6. The highest BCUT2D eigenvalue weighted by Gasteiger charge is 2.08. The van der Waals surface area contributed by atoms with Crippen molar-refractivity contribution in [2.24, 2.45) is 0 Å². The van der Waals surface area contributed by atoms with Gasteiger partial charge in [0.1, 0.15) is 6.26 Å². The van der Waals surface area contributed by atoms with Gasteiger partial charge in [0.05, 0.1) is 5.69 Å². The molecule has 0 bridgehead atoms. The fourth-order valence-electron chi connectivity index (χ4n) is 1.91. The van der Waals surface area contributed by atoms with Crippen LogP contribution >= 0.6 is 0 Å². The summed E-state index contributed by atoms with van der Waals surface area (Å²) < 4.78 is 5.53. The van der Waals surface area contributed by atoms with Crippen molar-refractivity contribution in [3.8, 4) is 0 Å². The van der Waals surface area contributed by atoms with Crippen LogP contribution in [0.15, 0.2) is 34.9 Å². The summed E-state index contributed by atoms with van der Waals surface area (Å²) in [5.41, 5.74) is 3.56. The minimum atomic E-state index is 0.418. The van der Waals surface area contributed by atoms with Crippen LogP contribution in [0.5, 0.6) is 0 Å². The summed E-state index contributed by atoms with van der Waals surface area (Å²) in [7, 11) is 1.96. The van der Waals surface area contributed by atoms with Crippen LogP contribution in [0.1, 0.15) is 29.6 Å². The van der Waals surface area contributed by atoms with Crippen molar-refractivity contribution in [2.75, 3.05) is 7.05 Å². The molecule has 2 aromatic rings. The van der Waals surface area contributed by atoms with Crippen molar-refractivity contribution in [1.82, 2.24) is 10.3 Å². The van der Waals surface area contributed by atoms with Gasteiger partial charge in [0.15, 0.2) is 5.89 Å². The predicted molar refractivity (Wildman–Crippen MR) is 72.7 cm³/mol. The number of hydrogen-bond donors (Lipinski definition) is 1. The average Bonchev–Trinajstić information content (AvgIpc) is 2.79. The van der Waals surface area contributed by atoms with Gasteiger partial charge in [-0.05, 0) is 32.0 Å². The molecule has 3 nitrogen and oxygen atoms in total. The molecule has 1 aromatic carbocycles. The van der Waals surface area contributed by atoms with E-state index in [0.717, 1.165) is 24.4 Å². The molecule has 0 aliphatic carbocycles. The Morgan fingerprint density at radius 1 is 1.33 bits per heavy atom. The summed E-state index contributed by atoms with van der Waals surface area (Å²) in [5, 5.41) is 3.20. The standard InChI is InChI=1S/C15H20N2O/c1-11-6-4-5-7-13(11)9-15-17-14(10-18-15)8-12(2)16-3/h4-7,10,12,16H,8-9H2,1-3H3. The number of rotatable bonds is 5. The predicted octanol–water partition coefficient (Wildman–Crippen LogP) is 2.72. The van der Waals surface area contributed by atoms with Gasteiger partial charge in [0, 0.05) is 18.9 Å². The van der Waals surface area contributed by atoms with Crippen LogP contribution in [0.2, 0.25) is 0 Å². The Morgan fingerprint density at radius 3 is 2.83 bits per heavy atom. The Balaban J connectivity index is 2.05. The maximum atomic E-state index is 5.53. The van der Waals surface area contributed by atoms with Crippen LogP contribution in [-0.4, -0.2) is 18.1 Å². The number of likely N-dealkylation sites (N-methyl/N-ethyl adjacent to an activating group) is 1. The van der Waals surface area contributed by atoms with Crippen LogP contribution in [0, 0.1) is 6.92 Å². The molecule has 96 valence electrons. The Morgan fingerprint density at radius 2 is 2.11 bits per heavy atom. The summed E-state index contributed by atoms with van der Waals surface area (Å²) >= 11 is 0. The largest absolute Gasteiger partial charge is 0.448 e. The van der Waals surface area contributed by atoms with E-state index in [1.807, 2.05) is 7.05 Å². The number of nitrogens with zero attached hydrogens (tertiary/aromatic N) is 1. The van der Waals surface area contributed by atoms with Crippen LogP contribution in [-0.2, 0) is 12.8 Å². The van der Waals surface area contributed by atoms with E-state index in [2.05, 4.69) is 48.4 Å². The van der Waals surface area contributed by atoms with E-state index < -0.39 is 0 Å². The molecule has 18 heavy (non-hydrogen) atoms. The SMILES string of the molecule is CNC(C)Cc1coc(Cc2ccccc2C)n1. The zero-order chi connectivity index (χ0) is 13.0. The highest BCUT2D eigenvalue weighted by atomic mass is 16.3. The molecule has 0 saturated heterocycles. The quantitative estimate of drug-likeness (QED) is 0.878. The van der Waals surface area contributed by atoms with Gasteiger partial charge in [0.2, 0.25) is 0 Å². The van der Waals surface area contributed by atoms with Crippen LogP contribution in [0.3, 0.4) is 0 Å². The third-order valence-electron chi connectivity index (χ3n) is 3.21. The number of hydrogen-bond acceptors (Lipinski definition) is 3. The van der Waals surface area contributed by atoms with Gasteiger partial charge in [-0.15, -0.1) is 0 Å². The molecule has 0 spiro atoms. The molecule has 0 aliphatic heterocycles. The third kappa shape index (κ3) is 3.20. The lowest BCUT2D eigenvalue weighted by molar-refractivity contribution is 0.505. The summed E-state index contributed by atoms with van der Waals surface area (Å²) in [5.74, 6) is 0.794. The van der Waals surface area contributed by atoms with Gasteiger partial charge in [-0.3, -0.25) is 0 Å². The summed E-state index contributed by atoms with van der Waals surface area (Å²) in [4.78, 5) is 4.53. The molecular weight excluding hydrogens is 224 g/mol. The second-order valence-corrected chi connectivity index (χ2v) is 4.73. The molecule has 0 radical (unpaired) electrons. The van der Waals surface area contributed by atoms with E-state index in [4.69, 9.17) is 4.42 Å². The lowest BCUT2D eigenvalue weighted by Gasteiger charge is -2.05. The fourth-order valence-corrected chi connectivity index (χ4v) is 1.91. The molecule has 0 amide bonds. The van der Waals surface area contributed by atoms with E-state index in [1.165, 1.54) is 11.1 Å². The number of aromatic nitrogens is 1. The first kappa shape index (κ1) is 12.8. The van der Waals surface area contributed by atoms with E-state index >= 15 is 0 Å². The van der Waals surface area contributed by atoms with Gasteiger partial charge < -0.3 is 9.73 Å². The third-order valence-corrected chi connectivity index (χ3v) is 3.21. The Labute approximate surface area is 108 Å². The maximum Gasteiger partial charge on any atom is 0.198 e. The maximum absolute atomic E-state index is 5.53. The Hall–Kier alpha value is -1.61. The van der Waals surface area contributed by atoms with Gasteiger partial charge in [-0.1, -0.05) is 24.3 Å². The van der Waals surface area contributed by atoms with Crippen molar-refractivity contribution in [3.63, 3.8) is 0 Å². The van der Waals surface area contributed by atoms with Crippen molar-refractivity contribution in [2.45, 2.75) is 32.7 Å². The molecule has 1 atom stereocenters. The molecule has 1 N–H and O–H groups in total. The molecule has 0 aliphatic rings. The smallest absolute Gasteiger partial charge is 0.198 e. The summed E-state index contributed by atoms with van der Waals surface area (Å²) in [6.07, 6.45) is 3.43. The second kappa shape index (κ2) is 5.83. The molecule has 1 aromatic heterocycles. The van der Waals surface area contributed by atoms with E-state index in [-0.39, 0.29) is 0 Å². The first-order chi connectivity index (χ1) is 8.69. The first-order valence-electron chi connectivity index (χ1n) is 6.34. The summed E-state index contributed by atoms with van der Waals surface area (Å²) in [6.45, 7) is 4.25. The second-order valence-electron chi connectivity index (χ2n) is 4.73. The Kier molecular flexibility index (Phi) is 4.15. The first-order valence-corrected chi connectivity index (χ1v) is 6.34. The number of oxazole rings is 1. The molecular formula is C15H20N2O. The number of benzene rings is 1. The number of aryl methyl sites for hydroxylation is 1. The van der Waals surface area contributed by atoms with Crippen molar-refractivity contribution >= 4 is 0 Å². The minimum absolute atomic E-state index is 0.418. The zero-order valence-corrected chi connectivity index (χ0v) is 11.2. The van der Waals surface area contributed by atoms with Crippen molar-refractivity contribution in [3.05, 3.63) is 53.2 Å². The molecule has 1 heterocycles. The molecule has 0 saturated carbocycles. The van der Waals surface area contributed by atoms with Gasteiger partial charge in [-0.25, -0.2) is 4.98 Å². The van der Waals surface area contributed by atoms with Crippen molar-refractivity contribution < 1.29 is 4.42 Å². The van der Waals surface area contributed by atoms with E-state index in [9.17, 15) is 0 Å².